The van der Waals surface area contributed by atoms with Crippen LogP contribution in [0.25, 0.3) is 0 Å². The maximum atomic E-state index is 13.0. The molecule has 0 atom stereocenters. The molecule has 0 aliphatic carbocycles. The number of fused-ring (bicyclic) bond motifs is 1. The number of benzene rings is 2. The number of amides is 2. The van der Waals surface area contributed by atoms with Gasteiger partial charge in [-0.25, -0.2) is 0 Å². The summed E-state index contributed by atoms with van der Waals surface area (Å²) in [6.07, 6.45) is 0.822. The molecular formula is C23H28N2O4. The molecule has 0 radical (unpaired) electrons. The molecule has 0 spiro atoms. The van der Waals surface area contributed by atoms with Crippen molar-refractivity contribution < 1.29 is 19.1 Å². The second kappa shape index (κ2) is 8.55. The number of nitrogens with zero attached hydrogens (tertiary/aromatic N) is 1. The topological polar surface area (TPSA) is 67.9 Å². The highest BCUT2D eigenvalue weighted by Crippen LogP contribution is 2.38. The zero-order valence-corrected chi connectivity index (χ0v) is 17.5. The van der Waals surface area contributed by atoms with Gasteiger partial charge in [0, 0.05) is 12.2 Å². The Morgan fingerprint density at radius 2 is 2.00 bits per heavy atom. The van der Waals surface area contributed by atoms with Crippen LogP contribution in [0.15, 0.2) is 42.5 Å². The molecule has 0 saturated heterocycles. The molecule has 2 aromatic carbocycles. The number of nitrogens with one attached hydrogen (secondary N) is 1. The summed E-state index contributed by atoms with van der Waals surface area (Å²) < 4.78 is 11.5. The number of anilines is 2. The van der Waals surface area contributed by atoms with Crippen molar-refractivity contribution in [3.05, 3.63) is 48.0 Å². The second-order valence-corrected chi connectivity index (χ2v) is 7.91. The third-order valence-electron chi connectivity index (χ3n) is 4.85. The van der Waals surface area contributed by atoms with Gasteiger partial charge >= 0.3 is 0 Å². The maximum Gasteiger partial charge on any atom is 0.262 e. The van der Waals surface area contributed by atoms with Gasteiger partial charge in [0.1, 0.15) is 18.1 Å². The van der Waals surface area contributed by atoms with Gasteiger partial charge in [-0.15, -0.1) is 0 Å². The summed E-state index contributed by atoms with van der Waals surface area (Å²) in [6, 6.07) is 12.9. The Labute approximate surface area is 171 Å². The second-order valence-electron chi connectivity index (χ2n) is 7.91. The van der Waals surface area contributed by atoms with E-state index in [4.69, 9.17) is 9.47 Å². The Balaban J connectivity index is 1.75. The molecule has 0 unspecified atom stereocenters. The SMILES string of the molecule is CCCN1C(=O)C(C)(C)COc2ccc(NC(=O)COc3ccccc3C)cc21. The largest absolute Gasteiger partial charge is 0.490 e. The molecule has 1 N–H and O–H groups in total. The Morgan fingerprint density at radius 1 is 1.24 bits per heavy atom. The molecule has 0 saturated carbocycles. The molecule has 6 heteroatoms. The van der Waals surface area contributed by atoms with Crippen LogP contribution in [0.4, 0.5) is 11.4 Å². The van der Waals surface area contributed by atoms with Crippen LogP contribution in [0.1, 0.15) is 32.8 Å². The number of aryl methyl sites for hydroxylation is 1. The van der Waals surface area contributed by atoms with E-state index < -0.39 is 5.41 Å². The number of carbonyl (C=O) groups excluding carboxylic acids is 2. The average Bonchev–Trinajstić information content (AvgIpc) is 2.78. The normalized spacial score (nSPS) is 15.2. The average molecular weight is 396 g/mol. The minimum absolute atomic E-state index is 0.0180. The molecule has 3 rings (SSSR count). The summed E-state index contributed by atoms with van der Waals surface area (Å²) in [5.41, 5.74) is 1.64. The summed E-state index contributed by atoms with van der Waals surface area (Å²) in [6.45, 7) is 8.54. The lowest BCUT2D eigenvalue weighted by molar-refractivity contribution is -0.127. The minimum atomic E-state index is -0.612. The summed E-state index contributed by atoms with van der Waals surface area (Å²) >= 11 is 0. The highest BCUT2D eigenvalue weighted by molar-refractivity contribution is 6.00. The predicted molar refractivity (Wildman–Crippen MR) is 114 cm³/mol. The van der Waals surface area contributed by atoms with Gasteiger partial charge < -0.3 is 19.7 Å². The van der Waals surface area contributed by atoms with Crippen LogP contribution >= 0.6 is 0 Å². The highest BCUT2D eigenvalue weighted by atomic mass is 16.5. The van der Waals surface area contributed by atoms with E-state index in [-0.39, 0.29) is 18.4 Å². The zero-order chi connectivity index (χ0) is 21.0. The molecular weight excluding hydrogens is 368 g/mol. The first kappa shape index (κ1) is 20.7. The summed E-state index contributed by atoms with van der Waals surface area (Å²) in [5.74, 6) is 1.08. The van der Waals surface area contributed by atoms with Gasteiger partial charge in [0.15, 0.2) is 6.61 Å². The zero-order valence-electron chi connectivity index (χ0n) is 17.5. The third-order valence-corrected chi connectivity index (χ3v) is 4.85. The molecule has 0 fully saturated rings. The molecule has 29 heavy (non-hydrogen) atoms. The van der Waals surface area contributed by atoms with Crippen molar-refractivity contribution >= 4 is 23.2 Å². The fourth-order valence-corrected chi connectivity index (χ4v) is 3.23. The lowest BCUT2D eigenvalue weighted by atomic mass is 9.93. The molecule has 0 aromatic heterocycles. The minimum Gasteiger partial charge on any atom is -0.490 e. The number of ether oxygens (including phenoxy) is 2. The van der Waals surface area contributed by atoms with Crippen molar-refractivity contribution in [1.82, 2.24) is 0 Å². The van der Waals surface area contributed by atoms with Gasteiger partial charge in [0.05, 0.1) is 11.1 Å². The highest BCUT2D eigenvalue weighted by Gasteiger charge is 2.37. The lowest BCUT2D eigenvalue weighted by Crippen LogP contribution is -2.42. The van der Waals surface area contributed by atoms with Crippen LogP contribution in [0, 0.1) is 12.3 Å². The van der Waals surface area contributed by atoms with Gasteiger partial charge in [-0.05, 0) is 57.0 Å². The Morgan fingerprint density at radius 3 is 2.72 bits per heavy atom. The van der Waals surface area contributed by atoms with Crippen LogP contribution in [-0.2, 0) is 9.59 Å². The van der Waals surface area contributed by atoms with Crippen LogP contribution in [0.2, 0.25) is 0 Å². The van der Waals surface area contributed by atoms with Crippen LogP contribution < -0.4 is 19.7 Å². The Hall–Kier alpha value is -3.02. The Bertz CT molecular complexity index is 908. The van der Waals surface area contributed by atoms with Crippen molar-refractivity contribution in [1.29, 1.82) is 0 Å². The molecule has 1 heterocycles. The predicted octanol–water partition coefficient (Wildman–Crippen LogP) is 4.17. The van der Waals surface area contributed by atoms with E-state index in [1.54, 1.807) is 23.1 Å². The van der Waals surface area contributed by atoms with Crippen LogP contribution in [-0.4, -0.2) is 31.6 Å². The van der Waals surface area contributed by atoms with Crippen molar-refractivity contribution in [2.75, 3.05) is 30.0 Å². The first-order valence-electron chi connectivity index (χ1n) is 9.89. The molecule has 1 aliphatic heterocycles. The van der Waals surface area contributed by atoms with Crippen molar-refractivity contribution in [3.8, 4) is 11.5 Å². The fourth-order valence-electron chi connectivity index (χ4n) is 3.23. The standard InChI is InChI=1S/C23H28N2O4/c1-5-12-25-18-13-17(10-11-20(18)29-15-23(3,4)22(25)27)24-21(26)14-28-19-9-7-6-8-16(19)2/h6-11,13H,5,12,14-15H2,1-4H3,(H,24,26). The Kier molecular flexibility index (Phi) is 6.11. The van der Waals surface area contributed by atoms with E-state index >= 15 is 0 Å². The molecule has 2 amide bonds. The molecule has 1 aliphatic rings. The van der Waals surface area contributed by atoms with Crippen molar-refractivity contribution in [2.24, 2.45) is 5.41 Å². The van der Waals surface area contributed by atoms with E-state index in [1.807, 2.05) is 52.0 Å². The van der Waals surface area contributed by atoms with Gasteiger partial charge in [-0.1, -0.05) is 25.1 Å². The number of hydrogen-bond donors (Lipinski definition) is 1. The number of rotatable bonds is 6. The third kappa shape index (κ3) is 4.70. The number of para-hydroxylation sites is 1. The molecule has 154 valence electrons. The van der Waals surface area contributed by atoms with Crippen LogP contribution in [0.3, 0.4) is 0 Å². The number of carbonyl (C=O) groups is 2. The van der Waals surface area contributed by atoms with Crippen molar-refractivity contribution in [2.45, 2.75) is 34.1 Å². The summed E-state index contributed by atoms with van der Waals surface area (Å²) in [4.78, 5) is 27.1. The first-order valence-corrected chi connectivity index (χ1v) is 9.89. The summed E-state index contributed by atoms with van der Waals surface area (Å²) in [5, 5.41) is 2.84. The fraction of sp³-hybridized carbons (Fsp3) is 0.391. The van der Waals surface area contributed by atoms with Gasteiger partial charge in [-0.2, -0.15) is 0 Å². The van der Waals surface area contributed by atoms with Gasteiger partial charge in [-0.3, -0.25) is 9.59 Å². The summed E-state index contributed by atoms with van der Waals surface area (Å²) in [7, 11) is 0. The molecule has 0 bridgehead atoms. The lowest BCUT2D eigenvalue weighted by Gasteiger charge is -2.27. The van der Waals surface area contributed by atoms with E-state index in [0.29, 0.717) is 36.0 Å². The van der Waals surface area contributed by atoms with E-state index in [0.717, 1.165) is 12.0 Å². The molecule has 2 aromatic rings. The van der Waals surface area contributed by atoms with E-state index in [9.17, 15) is 9.59 Å². The van der Waals surface area contributed by atoms with Gasteiger partial charge in [0.25, 0.3) is 5.91 Å². The van der Waals surface area contributed by atoms with Crippen LogP contribution in [0.5, 0.6) is 11.5 Å². The van der Waals surface area contributed by atoms with Gasteiger partial charge in [0.2, 0.25) is 5.91 Å². The maximum absolute atomic E-state index is 13.0. The molecule has 6 nitrogen and oxygen atoms in total. The smallest absolute Gasteiger partial charge is 0.262 e. The van der Waals surface area contributed by atoms with E-state index in [2.05, 4.69) is 5.32 Å². The van der Waals surface area contributed by atoms with E-state index in [1.165, 1.54) is 0 Å². The first-order chi connectivity index (χ1) is 13.8. The monoisotopic (exact) mass is 396 g/mol. The quantitative estimate of drug-likeness (QED) is 0.796. The van der Waals surface area contributed by atoms with Crippen molar-refractivity contribution in [3.63, 3.8) is 0 Å². The number of hydrogen-bond acceptors (Lipinski definition) is 4.